The Morgan fingerprint density at radius 1 is 0.912 bits per heavy atom. The molecule has 5 aliphatic rings. The van der Waals surface area contributed by atoms with E-state index in [-0.39, 0.29) is 75.7 Å². The van der Waals surface area contributed by atoms with E-state index in [4.69, 9.17) is 9.47 Å². The van der Waals surface area contributed by atoms with Crippen LogP contribution in [0.1, 0.15) is 166 Å². The largest absolute Gasteiger partial charge is 0.462 e. The van der Waals surface area contributed by atoms with Crippen molar-refractivity contribution in [1.29, 1.82) is 0 Å². The molecule has 57 heavy (non-hydrogen) atoms. The van der Waals surface area contributed by atoms with Gasteiger partial charge in [0.05, 0.1) is 23.6 Å². The lowest BCUT2D eigenvalue weighted by atomic mass is 9.33. The maximum atomic E-state index is 14.1. The van der Waals surface area contributed by atoms with Crippen LogP contribution in [0.3, 0.4) is 0 Å². The third kappa shape index (κ3) is 7.45. The molecule has 0 aromatic carbocycles. The zero-order valence-electron chi connectivity index (χ0n) is 37.3. The topological polar surface area (TPSA) is 125 Å². The van der Waals surface area contributed by atoms with Gasteiger partial charge in [0, 0.05) is 23.4 Å². The number of amides is 1. The van der Waals surface area contributed by atoms with E-state index in [0.29, 0.717) is 18.3 Å². The van der Waals surface area contributed by atoms with Crippen molar-refractivity contribution in [2.75, 3.05) is 0 Å². The highest BCUT2D eigenvalue weighted by molar-refractivity contribution is 6.01. The molecular weight excluding hydrogens is 715 g/mol. The Morgan fingerprint density at radius 3 is 2.25 bits per heavy atom. The average Bonchev–Trinajstić information content (AvgIpc) is 3.40. The lowest BCUT2D eigenvalue weighted by molar-refractivity contribution is -0.232. The third-order valence-electron chi connectivity index (χ3n) is 16.2. The fourth-order valence-corrected chi connectivity index (χ4v) is 13.2. The summed E-state index contributed by atoms with van der Waals surface area (Å²) in [6, 6.07) is 1.55. The summed E-state index contributed by atoms with van der Waals surface area (Å²) in [6.07, 6.45) is 15.1. The van der Waals surface area contributed by atoms with Crippen molar-refractivity contribution < 1.29 is 28.7 Å². The van der Waals surface area contributed by atoms with Crippen molar-refractivity contribution in [3.8, 4) is 0 Å². The Bertz CT molecular complexity index is 1820. The zero-order chi connectivity index (χ0) is 42.1. The lowest BCUT2D eigenvalue weighted by Gasteiger charge is -2.72. The Hall–Kier alpha value is -3.36. The number of rotatable bonds is 9. The molecule has 0 aliphatic heterocycles. The molecule has 1 heterocycles. The van der Waals surface area contributed by atoms with E-state index in [0.717, 1.165) is 62.6 Å². The highest BCUT2D eigenvalue weighted by Crippen LogP contribution is 2.77. The third-order valence-corrected chi connectivity index (χ3v) is 16.2. The van der Waals surface area contributed by atoms with Crippen LogP contribution in [0.25, 0.3) is 0 Å². The molecule has 9 atom stereocenters. The molecule has 314 valence electrons. The van der Waals surface area contributed by atoms with Gasteiger partial charge in [0.1, 0.15) is 18.0 Å². The summed E-state index contributed by atoms with van der Waals surface area (Å²) in [6.45, 7) is 27.5. The molecule has 1 aromatic rings. The van der Waals surface area contributed by atoms with Crippen LogP contribution < -0.4 is 5.32 Å². The van der Waals surface area contributed by atoms with Gasteiger partial charge in [-0.15, -0.1) is 0 Å². The molecule has 0 spiro atoms. The van der Waals surface area contributed by atoms with Crippen LogP contribution in [-0.2, 0) is 28.7 Å². The molecule has 1 N–H and O–H groups in total. The van der Waals surface area contributed by atoms with Crippen LogP contribution >= 0.6 is 0 Å². The summed E-state index contributed by atoms with van der Waals surface area (Å²) in [5.41, 5.74) is 0.903. The maximum Gasteiger partial charge on any atom is 0.312 e. The second-order valence-electron chi connectivity index (χ2n) is 22.0. The predicted octanol–water partition coefficient (Wildman–Crippen LogP) is 9.86. The van der Waals surface area contributed by atoms with Crippen molar-refractivity contribution >= 4 is 23.6 Å². The van der Waals surface area contributed by atoms with E-state index in [1.807, 2.05) is 33.8 Å². The average molecular weight is 786 g/mol. The molecule has 0 saturated heterocycles. The van der Waals surface area contributed by atoms with Crippen molar-refractivity contribution in [2.24, 2.45) is 56.2 Å². The standard InChI is InChI=1S/C48H71N3O6/c1-29(2)39-33(52)26-48(22-18-37(53)51-30(3)32-19-25-49-28-50-32)24-23-46(12)31(40(39)48)14-15-35-45(11)20-17-36(44(9,10)34(45)16-21-47(35,46)13)56-38(54)27-43(7,8)41(55)57-42(4,5)6/h18-19,22,25,28-31,34-36H,14-17,20-21,23-24,26-27H2,1-13H3,(H,51,53)/b22-18+/t30-,31-,34+,35-,36+,45+,46-,47-,48+/m1/s1. The molecule has 5 aliphatic carbocycles. The first-order chi connectivity index (χ1) is 26.3. The molecule has 0 bridgehead atoms. The van der Waals surface area contributed by atoms with Gasteiger partial charge in [0.2, 0.25) is 5.91 Å². The highest BCUT2D eigenvalue weighted by atomic mass is 16.6. The number of ketones is 1. The SMILES string of the molecule is CC(C)C1=C2[C@H]3CC[C@@H]4[C@@]5(C)CC[C@H](OC(=O)CC(C)(C)C(=O)OC(C)(C)C)C(C)(C)[C@@H]5CC[C@@]4(C)[C@]3(C)CC[C@@]2(/C=C/C(=O)N[C@H](C)c2ccncn2)CC1=O. The van der Waals surface area contributed by atoms with E-state index in [1.165, 1.54) is 11.9 Å². The van der Waals surface area contributed by atoms with Gasteiger partial charge in [0.25, 0.3) is 0 Å². The van der Waals surface area contributed by atoms with Crippen LogP contribution in [0.4, 0.5) is 0 Å². The number of aromatic nitrogens is 2. The molecule has 1 aromatic heterocycles. The number of carbonyl (C=O) groups excluding carboxylic acids is 4. The second kappa shape index (κ2) is 14.7. The van der Waals surface area contributed by atoms with Gasteiger partial charge in [-0.25, -0.2) is 9.97 Å². The molecule has 9 nitrogen and oxygen atoms in total. The number of fused-ring (bicyclic) bond motifs is 7. The van der Waals surface area contributed by atoms with Gasteiger partial charge in [0.15, 0.2) is 5.78 Å². The Balaban J connectivity index is 1.23. The van der Waals surface area contributed by atoms with E-state index >= 15 is 0 Å². The van der Waals surface area contributed by atoms with Crippen molar-refractivity contribution in [1.82, 2.24) is 15.3 Å². The lowest BCUT2D eigenvalue weighted by Crippen LogP contribution is -2.65. The quantitative estimate of drug-likeness (QED) is 0.194. The molecule has 4 saturated carbocycles. The normalized spacial score (nSPS) is 35.5. The summed E-state index contributed by atoms with van der Waals surface area (Å²) < 4.78 is 12.0. The predicted molar refractivity (Wildman–Crippen MR) is 221 cm³/mol. The van der Waals surface area contributed by atoms with Crippen LogP contribution in [0.15, 0.2) is 41.9 Å². The van der Waals surface area contributed by atoms with Gasteiger partial charge >= 0.3 is 11.9 Å². The van der Waals surface area contributed by atoms with Gasteiger partial charge in [-0.2, -0.15) is 0 Å². The van der Waals surface area contributed by atoms with Crippen LogP contribution in [-0.4, -0.2) is 45.3 Å². The van der Waals surface area contributed by atoms with E-state index in [2.05, 4.69) is 69.8 Å². The van der Waals surface area contributed by atoms with E-state index in [9.17, 15) is 19.2 Å². The van der Waals surface area contributed by atoms with Crippen molar-refractivity contribution in [3.63, 3.8) is 0 Å². The number of hydrogen-bond acceptors (Lipinski definition) is 8. The summed E-state index contributed by atoms with van der Waals surface area (Å²) >= 11 is 0. The van der Waals surface area contributed by atoms with Gasteiger partial charge in [-0.05, 0) is 156 Å². The first-order valence-electron chi connectivity index (χ1n) is 21.8. The fourth-order valence-electron chi connectivity index (χ4n) is 13.2. The molecule has 4 fully saturated rings. The Kier molecular flexibility index (Phi) is 11.2. The Labute approximate surface area is 342 Å². The van der Waals surface area contributed by atoms with Crippen molar-refractivity contribution in [3.05, 3.63) is 47.6 Å². The maximum absolute atomic E-state index is 14.1. The number of nitrogens with zero attached hydrogens (tertiary/aromatic N) is 2. The monoisotopic (exact) mass is 786 g/mol. The fraction of sp³-hybridized carbons (Fsp3) is 0.750. The van der Waals surface area contributed by atoms with Gasteiger partial charge < -0.3 is 14.8 Å². The number of esters is 2. The number of Topliss-reactive ketones (excluding diaryl/α,β-unsaturated/α-hetero) is 1. The summed E-state index contributed by atoms with van der Waals surface area (Å²) in [5.74, 6) is 0.597. The van der Waals surface area contributed by atoms with Crippen LogP contribution in [0.2, 0.25) is 0 Å². The number of ether oxygens (including phenoxy) is 2. The minimum atomic E-state index is -0.982. The van der Waals surface area contributed by atoms with Crippen LogP contribution in [0, 0.1) is 56.2 Å². The molecule has 0 radical (unpaired) electrons. The summed E-state index contributed by atoms with van der Waals surface area (Å²) in [7, 11) is 0. The number of allylic oxidation sites excluding steroid dienone is 3. The molecule has 6 rings (SSSR count). The minimum Gasteiger partial charge on any atom is -0.462 e. The first kappa shape index (κ1) is 43.2. The number of nitrogens with one attached hydrogen (secondary N) is 1. The van der Waals surface area contributed by atoms with E-state index in [1.54, 1.807) is 26.1 Å². The molecule has 1 amide bonds. The van der Waals surface area contributed by atoms with E-state index < -0.39 is 16.4 Å². The smallest absolute Gasteiger partial charge is 0.312 e. The molecular formula is C48H71N3O6. The summed E-state index contributed by atoms with van der Waals surface area (Å²) in [5, 5.41) is 3.07. The highest BCUT2D eigenvalue weighted by Gasteiger charge is 2.70. The summed E-state index contributed by atoms with van der Waals surface area (Å²) in [4.78, 5) is 62.2. The number of hydrogen-bond donors (Lipinski definition) is 1. The second-order valence-corrected chi connectivity index (χ2v) is 22.0. The number of carbonyl (C=O) groups is 4. The van der Waals surface area contributed by atoms with Gasteiger partial charge in [-0.3, -0.25) is 19.2 Å². The molecule has 0 unspecified atom stereocenters. The first-order valence-corrected chi connectivity index (χ1v) is 21.8. The molecule has 9 heteroatoms. The minimum absolute atomic E-state index is 0.00811. The van der Waals surface area contributed by atoms with Gasteiger partial charge in [-0.1, -0.05) is 54.5 Å². The Morgan fingerprint density at radius 2 is 1.61 bits per heavy atom. The zero-order valence-corrected chi connectivity index (χ0v) is 37.3. The van der Waals surface area contributed by atoms with Crippen LogP contribution in [0.5, 0.6) is 0 Å². The van der Waals surface area contributed by atoms with Crippen molar-refractivity contribution in [2.45, 2.75) is 172 Å².